The van der Waals surface area contributed by atoms with Gasteiger partial charge in [-0.1, -0.05) is 23.8 Å². The third kappa shape index (κ3) is 5.53. The van der Waals surface area contributed by atoms with Crippen LogP contribution in [0, 0.1) is 6.92 Å². The fourth-order valence-corrected chi connectivity index (χ4v) is 3.27. The molecule has 0 spiro atoms. The summed E-state index contributed by atoms with van der Waals surface area (Å²) in [6.07, 6.45) is 3.57. The van der Waals surface area contributed by atoms with E-state index in [4.69, 9.17) is 9.47 Å². The highest BCUT2D eigenvalue weighted by atomic mass is 16.5. The predicted octanol–water partition coefficient (Wildman–Crippen LogP) is 3.98. The zero-order valence-electron chi connectivity index (χ0n) is 16.6. The Labute approximate surface area is 171 Å². The summed E-state index contributed by atoms with van der Waals surface area (Å²) in [6.45, 7) is 6.03. The molecule has 1 atom stereocenters. The molecule has 3 heterocycles. The zero-order chi connectivity index (χ0) is 19.9. The molecule has 1 fully saturated rings. The first-order valence-electron chi connectivity index (χ1n) is 9.94. The van der Waals surface area contributed by atoms with Gasteiger partial charge in [0.15, 0.2) is 0 Å². The zero-order valence-corrected chi connectivity index (χ0v) is 16.6. The molecule has 1 saturated heterocycles. The number of aromatic nitrogens is 2. The fourth-order valence-electron chi connectivity index (χ4n) is 3.27. The summed E-state index contributed by atoms with van der Waals surface area (Å²) in [5, 5.41) is 3.25. The summed E-state index contributed by atoms with van der Waals surface area (Å²) in [5.74, 6) is 1.72. The Morgan fingerprint density at radius 3 is 2.76 bits per heavy atom. The standard InChI is InChI=1S/C23H26N4O2/c1-18-5-8-20(9-6-18)28-14-12-27-13-15-29-22(17-27)21-10-7-19(16-25-21)26-23-4-2-3-11-24-23/h2-11,16,22H,12-15,17H2,1H3,(H,24,26). The second-order valence-corrected chi connectivity index (χ2v) is 7.13. The summed E-state index contributed by atoms with van der Waals surface area (Å²) in [6, 6.07) is 18.0. The largest absolute Gasteiger partial charge is 0.492 e. The molecule has 4 rings (SSSR count). The van der Waals surface area contributed by atoms with E-state index in [0.29, 0.717) is 13.2 Å². The summed E-state index contributed by atoms with van der Waals surface area (Å²) < 4.78 is 11.8. The van der Waals surface area contributed by atoms with Crippen molar-refractivity contribution < 1.29 is 9.47 Å². The monoisotopic (exact) mass is 390 g/mol. The van der Waals surface area contributed by atoms with Crippen molar-refractivity contribution >= 4 is 11.5 Å². The number of rotatable bonds is 7. The second-order valence-electron chi connectivity index (χ2n) is 7.13. The molecule has 1 N–H and O–H groups in total. The molecular formula is C23H26N4O2. The molecular weight excluding hydrogens is 364 g/mol. The first-order chi connectivity index (χ1) is 14.3. The Bertz CT molecular complexity index is 885. The second kappa shape index (κ2) is 9.49. The van der Waals surface area contributed by atoms with Crippen molar-refractivity contribution in [2.24, 2.45) is 0 Å². The van der Waals surface area contributed by atoms with Gasteiger partial charge in [0.1, 0.15) is 24.3 Å². The molecule has 0 bridgehead atoms. The molecule has 1 aliphatic heterocycles. The van der Waals surface area contributed by atoms with Crippen molar-refractivity contribution in [3.63, 3.8) is 0 Å². The number of morpholine rings is 1. The number of benzene rings is 1. The Balaban J connectivity index is 1.28. The molecule has 0 radical (unpaired) electrons. The normalized spacial score (nSPS) is 17.1. The highest BCUT2D eigenvalue weighted by Crippen LogP contribution is 2.22. The Morgan fingerprint density at radius 2 is 2.00 bits per heavy atom. The maximum absolute atomic E-state index is 5.95. The number of hydrogen-bond donors (Lipinski definition) is 1. The van der Waals surface area contributed by atoms with E-state index in [0.717, 1.165) is 42.6 Å². The lowest BCUT2D eigenvalue weighted by Crippen LogP contribution is -2.40. The van der Waals surface area contributed by atoms with Gasteiger partial charge in [0.2, 0.25) is 0 Å². The lowest BCUT2D eigenvalue weighted by atomic mass is 10.2. The topological polar surface area (TPSA) is 59.5 Å². The Kier molecular flexibility index (Phi) is 6.34. The van der Waals surface area contributed by atoms with Gasteiger partial charge in [-0.3, -0.25) is 9.88 Å². The molecule has 0 saturated carbocycles. The Morgan fingerprint density at radius 1 is 1.10 bits per heavy atom. The van der Waals surface area contributed by atoms with Crippen molar-refractivity contribution in [3.05, 3.63) is 78.2 Å². The van der Waals surface area contributed by atoms with Gasteiger partial charge < -0.3 is 14.8 Å². The molecule has 29 heavy (non-hydrogen) atoms. The number of nitrogens with one attached hydrogen (secondary N) is 1. The molecule has 1 aliphatic rings. The smallest absolute Gasteiger partial charge is 0.130 e. The molecule has 6 nitrogen and oxygen atoms in total. The van der Waals surface area contributed by atoms with Crippen LogP contribution >= 0.6 is 0 Å². The highest BCUT2D eigenvalue weighted by molar-refractivity contribution is 5.54. The maximum Gasteiger partial charge on any atom is 0.130 e. The van der Waals surface area contributed by atoms with Gasteiger partial charge in [-0.2, -0.15) is 0 Å². The SMILES string of the molecule is Cc1ccc(OCCN2CCOC(c3ccc(Nc4ccccn4)cn3)C2)cc1. The van der Waals surface area contributed by atoms with Crippen LogP contribution in [0.15, 0.2) is 67.0 Å². The molecule has 0 aliphatic carbocycles. The van der Waals surface area contributed by atoms with E-state index in [1.165, 1.54) is 5.56 Å². The van der Waals surface area contributed by atoms with Gasteiger partial charge in [-0.25, -0.2) is 4.98 Å². The van der Waals surface area contributed by atoms with Gasteiger partial charge in [0, 0.05) is 25.8 Å². The summed E-state index contributed by atoms with van der Waals surface area (Å²) >= 11 is 0. The first-order valence-corrected chi connectivity index (χ1v) is 9.94. The number of aryl methyl sites for hydroxylation is 1. The molecule has 0 amide bonds. The van der Waals surface area contributed by atoms with E-state index in [2.05, 4.69) is 39.2 Å². The number of nitrogens with zero attached hydrogens (tertiary/aromatic N) is 3. The maximum atomic E-state index is 5.95. The number of anilines is 2. The average molecular weight is 390 g/mol. The van der Waals surface area contributed by atoms with Crippen molar-refractivity contribution in [2.75, 3.05) is 38.2 Å². The quantitative estimate of drug-likeness (QED) is 0.658. The summed E-state index contributed by atoms with van der Waals surface area (Å²) in [5.41, 5.74) is 3.09. The Hall–Kier alpha value is -2.96. The lowest BCUT2D eigenvalue weighted by Gasteiger charge is -2.32. The average Bonchev–Trinajstić information content (AvgIpc) is 2.77. The van der Waals surface area contributed by atoms with E-state index in [9.17, 15) is 0 Å². The van der Waals surface area contributed by atoms with E-state index in [1.807, 2.05) is 48.7 Å². The van der Waals surface area contributed by atoms with Crippen LogP contribution in [0.2, 0.25) is 0 Å². The van der Waals surface area contributed by atoms with Crippen LogP contribution in [0.25, 0.3) is 0 Å². The van der Waals surface area contributed by atoms with Gasteiger partial charge >= 0.3 is 0 Å². The van der Waals surface area contributed by atoms with Gasteiger partial charge in [0.25, 0.3) is 0 Å². The van der Waals surface area contributed by atoms with Crippen molar-refractivity contribution in [3.8, 4) is 5.75 Å². The third-order valence-electron chi connectivity index (χ3n) is 4.90. The summed E-state index contributed by atoms with van der Waals surface area (Å²) in [4.78, 5) is 11.2. The summed E-state index contributed by atoms with van der Waals surface area (Å²) in [7, 11) is 0. The van der Waals surface area contributed by atoms with Crippen molar-refractivity contribution in [2.45, 2.75) is 13.0 Å². The fraction of sp³-hybridized carbons (Fsp3) is 0.304. The minimum absolute atomic E-state index is 0.0213. The minimum Gasteiger partial charge on any atom is -0.492 e. The van der Waals surface area contributed by atoms with Crippen LogP contribution < -0.4 is 10.1 Å². The molecule has 3 aromatic rings. The molecule has 150 valence electrons. The van der Waals surface area contributed by atoms with Crippen LogP contribution in [0.1, 0.15) is 17.4 Å². The highest BCUT2D eigenvalue weighted by Gasteiger charge is 2.22. The molecule has 1 unspecified atom stereocenters. The minimum atomic E-state index is -0.0213. The van der Waals surface area contributed by atoms with Crippen molar-refractivity contribution in [1.82, 2.24) is 14.9 Å². The van der Waals surface area contributed by atoms with E-state index in [-0.39, 0.29) is 6.10 Å². The molecule has 2 aromatic heterocycles. The van der Waals surface area contributed by atoms with Crippen LogP contribution in [0.4, 0.5) is 11.5 Å². The number of hydrogen-bond acceptors (Lipinski definition) is 6. The van der Waals surface area contributed by atoms with Gasteiger partial charge in [0.05, 0.1) is 24.2 Å². The third-order valence-corrected chi connectivity index (χ3v) is 4.90. The van der Waals surface area contributed by atoms with E-state index in [1.54, 1.807) is 6.20 Å². The van der Waals surface area contributed by atoms with Crippen LogP contribution in [-0.4, -0.2) is 47.7 Å². The first kappa shape index (κ1) is 19.4. The van der Waals surface area contributed by atoms with Crippen LogP contribution in [-0.2, 0) is 4.74 Å². The van der Waals surface area contributed by atoms with E-state index >= 15 is 0 Å². The van der Waals surface area contributed by atoms with E-state index < -0.39 is 0 Å². The van der Waals surface area contributed by atoms with Gasteiger partial charge in [-0.05, 0) is 43.3 Å². The lowest BCUT2D eigenvalue weighted by molar-refractivity contribution is -0.0349. The number of pyridine rings is 2. The van der Waals surface area contributed by atoms with Crippen LogP contribution in [0.3, 0.4) is 0 Å². The molecule has 1 aromatic carbocycles. The van der Waals surface area contributed by atoms with Gasteiger partial charge in [-0.15, -0.1) is 0 Å². The number of ether oxygens (including phenoxy) is 2. The van der Waals surface area contributed by atoms with Crippen molar-refractivity contribution in [1.29, 1.82) is 0 Å². The van der Waals surface area contributed by atoms with Crippen LogP contribution in [0.5, 0.6) is 5.75 Å². The molecule has 6 heteroatoms. The predicted molar refractivity (Wildman–Crippen MR) is 114 cm³/mol.